The van der Waals surface area contributed by atoms with E-state index in [-0.39, 0.29) is 0 Å². The Hall–Kier alpha value is -2.23. The molecule has 0 aliphatic rings. The van der Waals surface area contributed by atoms with E-state index in [1.54, 1.807) is 12.4 Å². The van der Waals surface area contributed by atoms with Gasteiger partial charge in [0.05, 0.1) is 0 Å². The van der Waals surface area contributed by atoms with Crippen molar-refractivity contribution in [1.82, 2.24) is 19.6 Å². The second-order valence-corrected chi connectivity index (χ2v) is 3.63. The number of rotatable bonds is 1. The standard InChI is InChI=1S/C12H10N4/c1-9-14-15-12-8-11(4-7-16(9)12)10-2-5-13-6-3-10/h2-8H,1H3. The zero-order chi connectivity index (χ0) is 11.0. The monoisotopic (exact) mass is 210 g/mol. The van der Waals surface area contributed by atoms with Gasteiger partial charge in [-0.05, 0) is 42.3 Å². The molecule has 3 aromatic rings. The lowest BCUT2D eigenvalue weighted by Crippen LogP contribution is -1.88. The summed E-state index contributed by atoms with van der Waals surface area (Å²) < 4.78 is 1.96. The van der Waals surface area contributed by atoms with Crippen molar-refractivity contribution in [1.29, 1.82) is 0 Å². The molecular formula is C12H10N4. The molecule has 3 rings (SSSR count). The van der Waals surface area contributed by atoms with E-state index < -0.39 is 0 Å². The van der Waals surface area contributed by atoms with Gasteiger partial charge in [-0.1, -0.05) is 0 Å². The van der Waals surface area contributed by atoms with Crippen LogP contribution < -0.4 is 0 Å². The second kappa shape index (κ2) is 3.41. The van der Waals surface area contributed by atoms with Crippen molar-refractivity contribution in [2.75, 3.05) is 0 Å². The van der Waals surface area contributed by atoms with E-state index >= 15 is 0 Å². The van der Waals surface area contributed by atoms with E-state index in [4.69, 9.17) is 0 Å². The fraction of sp³-hybridized carbons (Fsp3) is 0.0833. The van der Waals surface area contributed by atoms with Crippen LogP contribution in [0.5, 0.6) is 0 Å². The summed E-state index contributed by atoms with van der Waals surface area (Å²) in [6.45, 7) is 1.94. The third-order valence-corrected chi connectivity index (χ3v) is 2.59. The molecule has 0 unspecified atom stereocenters. The van der Waals surface area contributed by atoms with Crippen molar-refractivity contribution in [3.63, 3.8) is 0 Å². The molecule has 3 aromatic heterocycles. The topological polar surface area (TPSA) is 43.1 Å². The van der Waals surface area contributed by atoms with Gasteiger partial charge in [0.2, 0.25) is 0 Å². The van der Waals surface area contributed by atoms with Crippen LogP contribution in [0.4, 0.5) is 0 Å². The van der Waals surface area contributed by atoms with Crippen molar-refractivity contribution in [3.05, 3.63) is 48.7 Å². The maximum atomic E-state index is 4.10. The van der Waals surface area contributed by atoms with Gasteiger partial charge in [0.15, 0.2) is 5.65 Å². The van der Waals surface area contributed by atoms with Gasteiger partial charge in [0, 0.05) is 18.6 Å². The summed E-state index contributed by atoms with van der Waals surface area (Å²) >= 11 is 0. The van der Waals surface area contributed by atoms with Crippen molar-refractivity contribution in [3.8, 4) is 11.1 Å². The highest BCUT2D eigenvalue weighted by atomic mass is 15.2. The first-order valence-electron chi connectivity index (χ1n) is 5.06. The summed E-state index contributed by atoms with van der Waals surface area (Å²) in [5, 5.41) is 8.13. The Bertz CT molecular complexity index is 628. The fourth-order valence-corrected chi connectivity index (χ4v) is 1.73. The van der Waals surface area contributed by atoms with Crippen LogP contribution >= 0.6 is 0 Å². The Kier molecular flexibility index (Phi) is 1.93. The number of pyridine rings is 2. The summed E-state index contributed by atoms with van der Waals surface area (Å²) in [4.78, 5) is 4.00. The van der Waals surface area contributed by atoms with Crippen LogP contribution in [0.15, 0.2) is 42.9 Å². The number of hydrogen-bond acceptors (Lipinski definition) is 3. The third-order valence-electron chi connectivity index (χ3n) is 2.59. The molecule has 0 aliphatic carbocycles. The van der Waals surface area contributed by atoms with Crippen molar-refractivity contribution >= 4 is 5.65 Å². The van der Waals surface area contributed by atoms with E-state index in [1.165, 1.54) is 0 Å². The molecule has 0 spiro atoms. The van der Waals surface area contributed by atoms with Gasteiger partial charge in [-0.15, -0.1) is 10.2 Å². The number of nitrogens with zero attached hydrogens (tertiary/aromatic N) is 4. The maximum absolute atomic E-state index is 4.10. The van der Waals surface area contributed by atoms with Crippen LogP contribution in [0.2, 0.25) is 0 Å². The smallest absolute Gasteiger partial charge is 0.161 e. The molecule has 0 atom stereocenters. The average molecular weight is 210 g/mol. The molecule has 0 aliphatic heterocycles. The first kappa shape index (κ1) is 9.03. The van der Waals surface area contributed by atoms with E-state index in [2.05, 4.69) is 21.2 Å². The van der Waals surface area contributed by atoms with E-state index in [0.717, 1.165) is 22.6 Å². The Labute approximate surface area is 92.6 Å². The SMILES string of the molecule is Cc1nnc2cc(-c3ccncc3)ccn12. The van der Waals surface area contributed by atoms with Gasteiger partial charge in [0.25, 0.3) is 0 Å². The van der Waals surface area contributed by atoms with Crippen LogP contribution in [0.25, 0.3) is 16.8 Å². The van der Waals surface area contributed by atoms with Gasteiger partial charge >= 0.3 is 0 Å². The van der Waals surface area contributed by atoms with Crippen LogP contribution in [-0.2, 0) is 0 Å². The van der Waals surface area contributed by atoms with Gasteiger partial charge in [-0.2, -0.15) is 0 Å². The van der Waals surface area contributed by atoms with Crippen molar-refractivity contribution in [2.45, 2.75) is 6.92 Å². The van der Waals surface area contributed by atoms with E-state index in [9.17, 15) is 0 Å². The molecule has 78 valence electrons. The summed E-state index contributed by atoms with van der Waals surface area (Å²) in [7, 11) is 0. The second-order valence-electron chi connectivity index (χ2n) is 3.63. The largest absolute Gasteiger partial charge is 0.287 e. The Balaban J connectivity index is 2.19. The normalized spacial score (nSPS) is 10.8. The van der Waals surface area contributed by atoms with Gasteiger partial charge in [-0.3, -0.25) is 9.38 Å². The molecular weight excluding hydrogens is 200 g/mol. The van der Waals surface area contributed by atoms with Crippen LogP contribution in [0, 0.1) is 6.92 Å². The molecule has 0 saturated carbocycles. The molecule has 4 heteroatoms. The molecule has 4 nitrogen and oxygen atoms in total. The molecule has 0 N–H and O–H groups in total. The lowest BCUT2D eigenvalue weighted by Gasteiger charge is -2.01. The predicted octanol–water partition coefficient (Wildman–Crippen LogP) is 2.10. The third kappa shape index (κ3) is 1.35. The minimum atomic E-state index is 0.867. The lowest BCUT2D eigenvalue weighted by molar-refractivity contribution is 1.01. The maximum Gasteiger partial charge on any atom is 0.161 e. The average Bonchev–Trinajstić information content (AvgIpc) is 2.72. The first-order chi connectivity index (χ1) is 7.84. The molecule has 16 heavy (non-hydrogen) atoms. The minimum absolute atomic E-state index is 0.867. The van der Waals surface area contributed by atoms with Crippen molar-refractivity contribution in [2.24, 2.45) is 0 Å². The number of aryl methyl sites for hydroxylation is 1. The number of aromatic nitrogens is 4. The summed E-state index contributed by atoms with van der Waals surface area (Å²) in [6.07, 6.45) is 5.56. The highest BCUT2D eigenvalue weighted by Crippen LogP contribution is 2.19. The van der Waals surface area contributed by atoms with Crippen LogP contribution in [-0.4, -0.2) is 19.6 Å². The number of fused-ring (bicyclic) bond motifs is 1. The summed E-state index contributed by atoms with van der Waals surface area (Å²) in [6, 6.07) is 8.04. The molecule has 0 saturated heterocycles. The van der Waals surface area contributed by atoms with Gasteiger partial charge in [0.1, 0.15) is 5.82 Å². The first-order valence-corrected chi connectivity index (χ1v) is 5.06. The van der Waals surface area contributed by atoms with E-state index in [1.807, 2.05) is 35.7 Å². The van der Waals surface area contributed by atoms with Crippen molar-refractivity contribution < 1.29 is 0 Å². The van der Waals surface area contributed by atoms with Crippen LogP contribution in [0.1, 0.15) is 5.82 Å². The van der Waals surface area contributed by atoms with E-state index in [0.29, 0.717) is 0 Å². The zero-order valence-electron chi connectivity index (χ0n) is 8.83. The molecule has 0 aromatic carbocycles. The fourth-order valence-electron chi connectivity index (χ4n) is 1.73. The summed E-state index contributed by atoms with van der Waals surface area (Å²) in [5.41, 5.74) is 3.13. The zero-order valence-corrected chi connectivity index (χ0v) is 8.83. The molecule has 0 radical (unpaired) electrons. The number of hydrogen-bond donors (Lipinski definition) is 0. The molecule has 0 bridgehead atoms. The lowest BCUT2D eigenvalue weighted by atomic mass is 10.1. The minimum Gasteiger partial charge on any atom is -0.287 e. The van der Waals surface area contributed by atoms with Gasteiger partial charge < -0.3 is 0 Å². The predicted molar refractivity (Wildman–Crippen MR) is 61.0 cm³/mol. The Morgan fingerprint density at radius 2 is 1.81 bits per heavy atom. The van der Waals surface area contributed by atoms with Crippen LogP contribution in [0.3, 0.4) is 0 Å². The Morgan fingerprint density at radius 3 is 2.62 bits per heavy atom. The molecule has 3 heterocycles. The van der Waals surface area contributed by atoms with Gasteiger partial charge in [-0.25, -0.2) is 0 Å². The molecule has 0 fully saturated rings. The quantitative estimate of drug-likeness (QED) is 0.617. The summed E-state index contributed by atoms with van der Waals surface area (Å²) in [5.74, 6) is 0.899. The molecule has 0 amide bonds. The Morgan fingerprint density at radius 1 is 1.00 bits per heavy atom. The highest BCUT2D eigenvalue weighted by molar-refractivity contribution is 5.66. The highest BCUT2D eigenvalue weighted by Gasteiger charge is 2.02.